The lowest BCUT2D eigenvalue weighted by atomic mass is 9.96. The van der Waals surface area contributed by atoms with Gasteiger partial charge in [0.15, 0.2) is 0 Å². The van der Waals surface area contributed by atoms with E-state index in [4.69, 9.17) is 10.5 Å². The average molecular weight is 228 g/mol. The summed E-state index contributed by atoms with van der Waals surface area (Å²) in [5.41, 5.74) is 5.73. The lowest BCUT2D eigenvalue weighted by Gasteiger charge is -2.26. The predicted octanol–water partition coefficient (Wildman–Crippen LogP) is 1.72. The van der Waals surface area contributed by atoms with E-state index in [2.05, 4.69) is 18.9 Å². The summed E-state index contributed by atoms with van der Waals surface area (Å²) < 4.78 is 5.38. The number of nitrogens with two attached hydrogens (primary N) is 1. The van der Waals surface area contributed by atoms with Crippen LogP contribution in [0.3, 0.4) is 0 Å². The van der Waals surface area contributed by atoms with Crippen LogP contribution < -0.4 is 5.73 Å². The SMILES string of the molecule is CCC(CN)CN(C)CCC1CCOCC1. The molecule has 0 aliphatic carbocycles. The van der Waals surface area contributed by atoms with Crippen molar-refractivity contribution < 1.29 is 4.74 Å². The summed E-state index contributed by atoms with van der Waals surface area (Å²) in [6.07, 6.45) is 5.02. The summed E-state index contributed by atoms with van der Waals surface area (Å²) >= 11 is 0. The highest BCUT2D eigenvalue weighted by Gasteiger charge is 2.15. The fraction of sp³-hybridized carbons (Fsp3) is 1.00. The van der Waals surface area contributed by atoms with Gasteiger partial charge in [-0.15, -0.1) is 0 Å². The quantitative estimate of drug-likeness (QED) is 0.721. The number of ether oxygens (including phenoxy) is 1. The third-order valence-corrected chi connectivity index (χ3v) is 3.74. The Morgan fingerprint density at radius 3 is 2.62 bits per heavy atom. The minimum absolute atomic E-state index is 0.666. The van der Waals surface area contributed by atoms with Crippen LogP contribution in [0.1, 0.15) is 32.6 Å². The molecule has 2 N–H and O–H groups in total. The fourth-order valence-corrected chi connectivity index (χ4v) is 2.34. The van der Waals surface area contributed by atoms with Crippen molar-refractivity contribution in [2.24, 2.45) is 17.6 Å². The van der Waals surface area contributed by atoms with Crippen molar-refractivity contribution in [3.05, 3.63) is 0 Å². The summed E-state index contributed by atoms with van der Waals surface area (Å²) in [4.78, 5) is 2.44. The van der Waals surface area contributed by atoms with Crippen molar-refractivity contribution in [1.82, 2.24) is 4.90 Å². The van der Waals surface area contributed by atoms with E-state index in [1.807, 2.05) is 0 Å². The molecule has 0 amide bonds. The van der Waals surface area contributed by atoms with E-state index in [0.717, 1.165) is 32.2 Å². The Hall–Kier alpha value is -0.120. The highest BCUT2D eigenvalue weighted by Crippen LogP contribution is 2.18. The Kier molecular flexibility index (Phi) is 7.01. The number of hydrogen-bond donors (Lipinski definition) is 1. The van der Waals surface area contributed by atoms with Crippen molar-refractivity contribution >= 4 is 0 Å². The Labute approximate surface area is 100 Å². The van der Waals surface area contributed by atoms with Gasteiger partial charge in [0, 0.05) is 19.8 Å². The van der Waals surface area contributed by atoms with Crippen LogP contribution in [-0.4, -0.2) is 44.8 Å². The molecule has 0 saturated carbocycles. The van der Waals surface area contributed by atoms with E-state index in [-0.39, 0.29) is 0 Å². The van der Waals surface area contributed by atoms with Gasteiger partial charge in [0.05, 0.1) is 0 Å². The monoisotopic (exact) mass is 228 g/mol. The number of rotatable bonds is 7. The van der Waals surface area contributed by atoms with Gasteiger partial charge in [-0.05, 0) is 51.2 Å². The molecule has 16 heavy (non-hydrogen) atoms. The van der Waals surface area contributed by atoms with Crippen LogP contribution in [0.2, 0.25) is 0 Å². The molecule has 1 rings (SSSR count). The minimum atomic E-state index is 0.666. The summed E-state index contributed by atoms with van der Waals surface area (Å²) in [6.45, 7) is 7.34. The molecule has 1 heterocycles. The molecule has 1 saturated heterocycles. The molecular weight excluding hydrogens is 200 g/mol. The first kappa shape index (κ1) is 13.9. The van der Waals surface area contributed by atoms with Crippen molar-refractivity contribution in [1.29, 1.82) is 0 Å². The van der Waals surface area contributed by atoms with E-state index in [9.17, 15) is 0 Å². The van der Waals surface area contributed by atoms with E-state index < -0.39 is 0 Å². The lowest BCUT2D eigenvalue weighted by Crippen LogP contribution is -2.31. The maximum atomic E-state index is 5.73. The minimum Gasteiger partial charge on any atom is -0.381 e. The average Bonchev–Trinajstić information content (AvgIpc) is 2.34. The first-order valence-corrected chi connectivity index (χ1v) is 6.72. The van der Waals surface area contributed by atoms with Crippen LogP contribution in [0.5, 0.6) is 0 Å². The second-order valence-electron chi connectivity index (χ2n) is 5.12. The Morgan fingerprint density at radius 2 is 2.06 bits per heavy atom. The van der Waals surface area contributed by atoms with E-state index in [1.54, 1.807) is 0 Å². The van der Waals surface area contributed by atoms with Gasteiger partial charge in [-0.25, -0.2) is 0 Å². The Balaban J connectivity index is 2.10. The van der Waals surface area contributed by atoms with Crippen LogP contribution >= 0.6 is 0 Å². The molecule has 1 unspecified atom stereocenters. The molecule has 0 aromatic rings. The molecule has 0 spiro atoms. The summed E-state index contributed by atoms with van der Waals surface area (Å²) in [5.74, 6) is 1.55. The first-order chi connectivity index (χ1) is 7.76. The molecular formula is C13H28N2O. The largest absolute Gasteiger partial charge is 0.381 e. The molecule has 3 heteroatoms. The molecule has 1 fully saturated rings. The van der Waals surface area contributed by atoms with Gasteiger partial charge >= 0.3 is 0 Å². The van der Waals surface area contributed by atoms with E-state index >= 15 is 0 Å². The summed E-state index contributed by atoms with van der Waals surface area (Å²) in [5, 5.41) is 0. The summed E-state index contributed by atoms with van der Waals surface area (Å²) in [6, 6.07) is 0. The van der Waals surface area contributed by atoms with Crippen LogP contribution in [0.25, 0.3) is 0 Å². The maximum absolute atomic E-state index is 5.73. The smallest absolute Gasteiger partial charge is 0.0468 e. The summed E-state index contributed by atoms with van der Waals surface area (Å²) in [7, 11) is 2.22. The van der Waals surface area contributed by atoms with Crippen LogP contribution in [0.15, 0.2) is 0 Å². The Bertz CT molecular complexity index is 165. The van der Waals surface area contributed by atoms with Gasteiger partial charge in [0.1, 0.15) is 0 Å². The molecule has 1 aliphatic rings. The van der Waals surface area contributed by atoms with E-state index in [0.29, 0.717) is 5.92 Å². The van der Waals surface area contributed by atoms with Gasteiger partial charge < -0.3 is 15.4 Å². The van der Waals surface area contributed by atoms with Crippen molar-refractivity contribution in [2.45, 2.75) is 32.6 Å². The molecule has 1 aliphatic heterocycles. The van der Waals surface area contributed by atoms with Gasteiger partial charge in [-0.2, -0.15) is 0 Å². The molecule has 0 bridgehead atoms. The maximum Gasteiger partial charge on any atom is 0.0468 e. The molecule has 1 atom stereocenters. The predicted molar refractivity (Wildman–Crippen MR) is 68.5 cm³/mol. The standard InChI is InChI=1S/C13H28N2O/c1-3-12(10-14)11-15(2)7-4-13-5-8-16-9-6-13/h12-13H,3-11,14H2,1-2H3. The van der Waals surface area contributed by atoms with Crippen molar-refractivity contribution in [2.75, 3.05) is 39.9 Å². The second-order valence-corrected chi connectivity index (χ2v) is 5.12. The highest BCUT2D eigenvalue weighted by atomic mass is 16.5. The molecule has 3 nitrogen and oxygen atoms in total. The normalized spacial score (nSPS) is 20.2. The van der Waals surface area contributed by atoms with E-state index in [1.165, 1.54) is 32.2 Å². The third-order valence-electron chi connectivity index (χ3n) is 3.74. The second kappa shape index (κ2) is 8.04. The third kappa shape index (κ3) is 5.28. The zero-order valence-electron chi connectivity index (χ0n) is 11.0. The lowest BCUT2D eigenvalue weighted by molar-refractivity contribution is 0.0605. The zero-order valence-corrected chi connectivity index (χ0v) is 11.0. The van der Waals surface area contributed by atoms with Gasteiger partial charge in [-0.3, -0.25) is 0 Å². The van der Waals surface area contributed by atoms with Gasteiger partial charge in [0.2, 0.25) is 0 Å². The van der Waals surface area contributed by atoms with Crippen LogP contribution in [0.4, 0.5) is 0 Å². The first-order valence-electron chi connectivity index (χ1n) is 6.72. The fourth-order valence-electron chi connectivity index (χ4n) is 2.34. The van der Waals surface area contributed by atoms with Crippen molar-refractivity contribution in [3.8, 4) is 0 Å². The number of nitrogens with zero attached hydrogens (tertiary/aromatic N) is 1. The molecule has 0 radical (unpaired) electrons. The molecule has 96 valence electrons. The van der Waals surface area contributed by atoms with Gasteiger partial charge in [0.25, 0.3) is 0 Å². The topological polar surface area (TPSA) is 38.5 Å². The van der Waals surface area contributed by atoms with Gasteiger partial charge in [-0.1, -0.05) is 13.3 Å². The zero-order chi connectivity index (χ0) is 11.8. The van der Waals surface area contributed by atoms with Crippen molar-refractivity contribution in [3.63, 3.8) is 0 Å². The number of hydrogen-bond acceptors (Lipinski definition) is 3. The highest BCUT2D eigenvalue weighted by molar-refractivity contribution is 4.67. The molecule has 0 aromatic carbocycles. The van der Waals surface area contributed by atoms with Crippen LogP contribution in [-0.2, 0) is 4.74 Å². The van der Waals surface area contributed by atoms with Crippen LogP contribution in [0, 0.1) is 11.8 Å². The molecule has 0 aromatic heterocycles. The Morgan fingerprint density at radius 1 is 1.38 bits per heavy atom.